The molecule has 2 aliphatic heterocycles. The Morgan fingerprint density at radius 2 is 1.97 bits per heavy atom. The standard InChI is InChI=1S/C23H23ClN4O3/c1-27-12-20(30)28(13-23(27)9-10-23)18-7-5-14(11-25-18)15-3-2-4-16(21(15)24)17-6-8-19(29)26-22(17)31/h2-5,7,11,17H,6,8-10,12-13H2,1H3,(H,26,29,31). The van der Waals surface area contributed by atoms with Crippen LogP contribution in [0.3, 0.4) is 0 Å². The number of nitrogens with zero attached hydrogens (tertiary/aromatic N) is 3. The zero-order valence-corrected chi connectivity index (χ0v) is 18.0. The van der Waals surface area contributed by atoms with Gasteiger partial charge in [0.25, 0.3) is 0 Å². The zero-order chi connectivity index (χ0) is 21.8. The number of rotatable bonds is 3. The van der Waals surface area contributed by atoms with E-state index in [0.717, 1.165) is 24.0 Å². The molecule has 1 aromatic carbocycles. The van der Waals surface area contributed by atoms with Crippen LogP contribution in [0.25, 0.3) is 11.1 Å². The molecule has 2 aromatic rings. The molecular weight excluding hydrogens is 416 g/mol. The van der Waals surface area contributed by atoms with Gasteiger partial charge >= 0.3 is 0 Å². The van der Waals surface area contributed by atoms with E-state index in [1.54, 1.807) is 11.1 Å². The van der Waals surface area contributed by atoms with Crippen LogP contribution in [0.1, 0.15) is 37.2 Å². The number of anilines is 1. The highest BCUT2D eigenvalue weighted by atomic mass is 35.5. The Morgan fingerprint density at radius 3 is 2.65 bits per heavy atom. The monoisotopic (exact) mass is 438 g/mol. The fourth-order valence-electron chi connectivity index (χ4n) is 4.59. The van der Waals surface area contributed by atoms with Crippen molar-refractivity contribution in [2.24, 2.45) is 0 Å². The van der Waals surface area contributed by atoms with E-state index in [9.17, 15) is 14.4 Å². The third kappa shape index (κ3) is 3.51. The van der Waals surface area contributed by atoms with Gasteiger partial charge in [0.05, 0.1) is 17.5 Å². The second-order valence-corrected chi connectivity index (χ2v) is 9.06. The molecule has 5 rings (SSSR count). The number of imide groups is 1. The van der Waals surface area contributed by atoms with Crippen molar-refractivity contribution in [2.45, 2.75) is 37.1 Å². The molecule has 1 atom stereocenters. The number of carbonyl (C=O) groups excluding carboxylic acids is 3. The van der Waals surface area contributed by atoms with Crippen molar-refractivity contribution < 1.29 is 14.4 Å². The van der Waals surface area contributed by atoms with Crippen LogP contribution in [0.4, 0.5) is 5.82 Å². The fourth-order valence-corrected chi connectivity index (χ4v) is 4.96. The van der Waals surface area contributed by atoms with Crippen molar-refractivity contribution in [3.05, 3.63) is 47.1 Å². The van der Waals surface area contributed by atoms with Gasteiger partial charge in [0.1, 0.15) is 5.82 Å². The Bertz CT molecular complexity index is 1080. The topological polar surface area (TPSA) is 82.6 Å². The first-order valence-corrected chi connectivity index (χ1v) is 10.9. The van der Waals surface area contributed by atoms with Crippen molar-refractivity contribution in [3.63, 3.8) is 0 Å². The van der Waals surface area contributed by atoms with Crippen LogP contribution in [0, 0.1) is 0 Å². The molecule has 1 N–H and O–H groups in total. The minimum Gasteiger partial charge on any atom is -0.296 e. The Labute approximate surface area is 185 Å². The summed E-state index contributed by atoms with van der Waals surface area (Å²) in [7, 11) is 2.01. The molecule has 1 unspecified atom stereocenters. The molecule has 3 aliphatic rings. The second kappa shape index (κ2) is 7.43. The predicted molar refractivity (Wildman–Crippen MR) is 117 cm³/mol. The number of piperazine rings is 1. The number of aromatic nitrogens is 1. The summed E-state index contributed by atoms with van der Waals surface area (Å²) in [5.41, 5.74) is 2.39. The lowest BCUT2D eigenvalue weighted by atomic mass is 9.88. The maximum absolute atomic E-state index is 12.6. The molecule has 3 fully saturated rings. The molecule has 0 radical (unpaired) electrons. The molecule has 0 bridgehead atoms. The quantitative estimate of drug-likeness (QED) is 0.745. The summed E-state index contributed by atoms with van der Waals surface area (Å²) in [6, 6.07) is 9.32. The molecule has 31 heavy (non-hydrogen) atoms. The van der Waals surface area contributed by atoms with Gasteiger partial charge in [0.15, 0.2) is 0 Å². The average Bonchev–Trinajstić information content (AvgIpc) is 3.53. The van der Waals surface area contributed by atoms with Gasteiger partial charge in [0, 0.05) is 35.8 Å². The van der Waals surface area contributed by atoms with E-state index in [-0.39, 0.29) is 23.3 Å². The molecule has 8 heteroatoms. The number of hydrogen-bond acceptors (Lipinski definition) is 5. The summed E-state index contributed by atoms with van der Waals surface area (Å²) in [5, 5.41) is 2.87. The molecule has 160 valence electrons. The number of likely N-dealkylation sites (N-methyl/N-ethyl adjacent to an activating group) is 1. The Kier molecular flexibility index (Phi) is 4.83. The van der Waals surface area contributed by atoms with Gasteiger partial charge in [-0.3, -0.25) is 29.5 Å². The summed E-state index contributed by atoms with van der Waals surface area (Å²) in [4.78, 5) is 44.8. The van der Waals surface area contributed by atoms with Gasteiger partial charge < -0.3 is 0 Å². The summed E-state index contributed by atoms with van der Waals surface area (Å²) in [6.07, 6.45) is 4.67. The van der Waals surface area contributed by atoms with E-state index < -0.39 is 5.92 Å². The van der Waals surface area contributed by atoms with Crippen LogP contribution < -0.4 is 10.2 Å². The largest absolute Gasteiger partial charge is 0.296 e. The number of amides is 3. The highest BCUT2D eigenvalue weighted by Crippen LogP contribution is 2.44. The van der Waals surface area contributed by atoms with E-state index >= 15 is 0 Å². The van der Waals surface area contributed by atoms with Crippen molar-refractivity contribution >= 4 is 35.1 Å². The number of carbonyl (C=O) groups is 3. The van der Waals surface area contributed by atoms with E-state index in [4.69, 9.17) is 11.6 Å². The van der Waals surface area contributed by atoms with E-state index in [2.05, 4.69) is 15.2 Å². The van der Waals surface area contributed by atoms with Crippen LogP contribution in [0.15, 0.2) is 36.5 Å². The highest BCUT2D eigenvalue weighted by molar-refractivity contribution is 6.34. The number of hydrogen-bond donors (Lipinski definition) is 1. The van der Waals surface area contributed by atoms with Crippen molar-refractivity contribution in [1.29, 1.82) is 0 Å². The van der Waals surface area contributed by atoms with Crippen LogP contribution in [-0.4, -0.2) is 53.3 Å². The third-order valence-corrected chi connectivity index (χ3v) is 7.16. The maximum Gasteiger partial charge on any atom is 0.242 e. The summed E-state index contributed by atoms with van der Waals surface area (Å²) < 4.78 is 0. The normalized spacial score (nSPS) is 23.2. The third-order valence-electron chi connectivity index (χ3n) is 6.74. The number of halogens is 1. The van der Waals surface area contributed by atoms with Gasteiger partial charge in [0.2, 0.25) is 17.7 Å². The van der Waals surface area contributed by atoms with Crippen LogP contribution in [0.5, 0.6) is 0 Å². The number of benzene rings is 1. The lowest BCUT2D eigenvalue weighted by Gasteiger charge is -2.39. The first kappa shape index (κ1) is 20.2. The van der Waals surface area contributed by atoms with Gasteiger partial charge in [-0.15, -0.1) is 0 Å². The molecular formula is C23H23ClN4O3. The van der Waals surface area contributed by atoms with Gasteiger partial charge in [-0.1, -0.05) is 29.8 Å². The first-order chi connectivity index (χ1) is 14.9. The Morgan fingerprint density at radius 1 is 1.16 bits per heavy atom. The number of nitrogens with one attached hydrogen (secondary N) is 1. The molecule has 3 amide bonds. The van der Waals surface area contributed by atoms with Gasteiger partial charge in [-0.2, -0.15) is 0 Å². The molecule has 2 saturated heterocycles. The van der Waals surface area contributed by atoms with E-state index in [0.29, 0.717) is 42.3 Å². The van der Waals surface area contributed by atoms with Crippen molar-refractivity contribution in [1.82, 2.24) is 15.2 Å². The Balaban J connectivity index is 1.41. The van der Waals surface area contributed by atoms with Crippen LogP contribution >= 0.6 is 11.6 Å². The van der Waals surface area contributed by atoms with Gasteiger partial charge in [-0.25, -0.2) is 4.98 Å². The lowest BCUT2D eigenvalue weighted by molar-refractivity contribution is -0.134. The fraction of sp³-hybridized carbons (Fsp3) is 0.391. The molecule has 1 saturated carbocycles. The smallest absolute Gasteiger partial charge is 0.242 e. The number of pyridine rings is 1. The van der Waals surface area contributed by atoms with Crippen LogP contribution in [0.2, 0.25) is 5.02 Å². The SMILES string of the molecule is CN1CC(=O)N(c2ccc(-c3cccc(C4CCC(=O)NC4=O)c3Cl)cn2)CC12CC2. The van der Waals surface area contributed by atoms with E-state index in [1.807, 2.05) is 37.4 Å². The molecule has 1 aromatic heterocycles. The zero-order valence-electron chi connectivity index (χ0n) is 17.2. The molecule has 7 nitrogen and oxygen atoms in total. The molecule has 1 aliphatic carbocycles. The number of piperidine rings is 1. The highest BCUT2D eigenvalue weighted by Gasteiger charge is 2.52. The summed E-state index contributed by atoms with van der Waals surface area (Å²) in [5.74, 6) is -0.315. The van der Waals surface area contributed by atoms with Crippen LogP contribution in [-0.2, 0) is 14.4 Å². The maximum atomic E-state index is 12.6. The first-order valence-electron chi connectivity index (χ1n) is 10.5. The predicted octanol–water partition coefficient (Wildman–Crippen LogP) is 2.73. The molecule has 3 heterocycles. The Hall–Kier alpha value is -2.77. The average molecular weight is 439 g/mol. The minimum absolute atomic E-state index is 0.0539. The minimum atomic E-state index is -0.449. The van der Waals surface area contributed by atoms with Gasteiger partial charge in [-0.05, 0) is 44.0 Å². The lowest BCUT2D eigenvalue weighted by Crippen LogP contribution is -2.56. The summed E-state index contributed by atoms with van der Waals surface area (Å²) >= 11 is 6.69. The second-order valence-electron chi connectivity index (χ2n) is 8.68. The van der Waals surface area contributed by atoms with Crippen molar-refractivity contribution in [3.8, 4) is 11.1 Å². The van der Waals surface area contributed by atoms with Crippen molar-refractivity contribution in [2.75, 3.05) is 25.0 Å². The van der Waals surface area contributed by atoms with E-state index in [1.165, 1.54) is 0 Å². The molecule has 1 spiro atoms. The summed E-state index contributed by atoms with van der Waals surface area (Å²) in [6.45, 7) is 1.07.